The number of benzene rings is 2. The topological polar surface area (TPSA) is 78.2 Å². The summed E-state index contributed by atoms with van der Waals surface area (Å²) in [6.45, 7) is 4.09. The van der Waals surface area contributed by atoms with Gasteiger partial charge >= 0.3 is 0 Å². The fourth-order valence-corrected chi connectivity index (χ4v) is 4.24. The molecule has 0 bridgehead atoms. The van der Waals surface area contributed by atoms with E-state index in [-0.39, 0.29) is 11.9 Å². The van der Waals surface area contributed by atoms with Gasteiger partial charge in [0.15, 0.2) is 0 Å². The molecule has 1 amide bonds. The summed E-state index contributed by atoms with van der Waals surface area (Å²) < 4.78 is 0. The first-order valence-corrected chi connectivity index (χ1v) is 10.6. The van der Waals surface area contributed by atoms with Crippen molar-refractivity contribution in [2.45, 2.75) is 45.3 Å². The van der Waals surface area contributed by atoms with Gasteiger partial charge in [-0.3, -0.25) is 4.79 Å². The number of nitrogens with one attached hydrogen (secondary N) is 1. The van der Waals surface area contributed by atoms with Crippen LogP contribution in [0.1, 0.15) is 36.6 Å². The molecule has 0 fully saturated rings. The standard InChI is InChI=1S/C24H29N5O/c1-2-6-24(30)29-14-19-12-20(25)9-10-23(19)28(15-21-13-26-17-27-21)16-22(29)11-18-7-4-3-5-8-18/h3-5,7-10,12-13,17,22H,2,6,11,14-16,25H2,1H3,(H,26,27)/t22-/m1/s1. The minimum Gasteiger partial charge on any atom is -0.399 e. The lowest BCUT2D eigenvalue weighted by Crippen LogP contribution is -2.45. The molecule has 1 atom stereocenters. The van der Waals surface area contributed by atoms with E-state index in [1.165, 1.54) is 5.56 Å². The molecule has 0 saturated carbocycles. The summed E-state index contributed by atoms with van der Waals surface area (Å²) in [6, 6.07) is 16.5. The molecule has 1 aromatic heterocycles. The number of nitrogen functional groups attached to an aromatic ring is 1. The lowest BCUT2D eigenvalue weighted by atomic mass is 10.0. The monoisotopic (exact) mass is 403 g/mol. The second-order valence-corrected chi connectivity index (χ2v) is 7.96. The van der Waals surface area contributed by atoms with Gasteiger partial charge in [0.25, 0.3) is 0 Å². The fraction of sp³-hybridized carbons (Fsp3) is 0.333. The third-order valence-electron chi connectivity index (χ3n) is 5.67. The Morgan fingerprint density at radius 2 is 2.07 bits per heavy atom. The first kappa shape index (κ1) is 20.0. The highest BCUT2D eigenvalue weighted by atomic mass is 16.2. The number of hydrogen-bond acceptors (Lipinski definition) is 4. The molecule has 1 aliphatic heterocycles. The molecule has 2 heterocycles. The van der Waals surface area contributed by atoms with Crippen molar-refractivity contribution in [3.05, 3.63) is 77.9 Å². The van der Waals surface area contributed by atoms with Crippen molar-refractivity contribution >= 4 is 17.3 Å². The second-order valence-electron chi connectivity index (χ2n) is 7.96. The van der Waals surface area contributed by atoms with E-state index in [0.29, 0.717) is 19.5 Å². The van der Waals surface area contributed by atoms with Gasteiger partial charge in [-0.2, -0.15) is 0 Å². The number of aromatic nitrogens is 2. The van der Waals surface area contributed by atoms with E-state index in [0.717, 1.165) is 42.0 Å². The van der Waals surface area contributed by atoms with E-state index in [4.69, 9.17) is 5.73 Å². The number of aromatic amines is 1. The SMILES string of the molecule is CCCC(=O)N1Cc2cc(N)ccc2N(Cc2cnc[nH]2)C[C@H]1Cc1ccccc1. The summed E-state index contributed by atoms with van der Waals surface area (Å²) in [4.78, 5) is 24.9. The number of rotatable bonds is 6. The van der Waals surface area contributed by atoms with Crippen LogP contribution in [0, 0.1) is 0 Å². The van der Waals surface area contributed by atoms with Crippen molar-refractivity contribution in [3.8, 4) is 0 Å². The molecule has 0 spiro atoms. The molecule has 6 heteroatoms. The van der Waals surface area contributed by atoms with Gasteiger partial charge in [0, 0.05) is 37.1 Å². The normalized spacial score (nSPS) is 16.2. The summed E-state index contributed by atoms with van der Waals surface area (Å²) in [7, 11) is 0. The first-order chi connectivity index (χ1) is 14.6. The van der Waals surface area contributed by atoms with Crippen LogP contribution in [0.15, 0.2) is 61.1 Å². The van der Waals surface area contributed by atoms with Crippen LogP contribution in [0.5, 0.6) is 0 Å². The van der Waals surface area contributed by atoms with Gasteiger partial charge < -0.3 is 20.5 Å². The molecule has 1 aliphatic rings. The number of imidazole rings is 1. The largest absolute Gasteiger partial charge is 0.399 e. The van der Waals surface area contributed by atoms with Gasteiger partial charge in [-0.15, -0.1) is 0 Å². The molecular formula is C24H29N5O. The maximum Gasteiger partial charge on any atom is 0.223 e. The van der Waals surface area contributed by atoms with E-state index < -0.39 is 0 Å². The summed E-state index contributed by atoms with van der Waals surface area (Å²) in [5.41, 5.74) is 11.3. The molecule has 156 valence electrons. The van der Waals surface area contributed by atoms with Crippen LogP contribution in [0.2, 0.25) is 0 Å². The molecule has 3 N–H and O–H groups in total. The molecule has 0 aliphatic carbocycles. The van der Waals surface area contributed by atoms with E-state index in [9.17, 15) is 4.79 Å². The Hall–Kier alpha value is -3.28. The molecule has 0 radical (unpaired) electrons. The number of anilines is 2. The molecule has 3 aromatic rings. The van der Waals surface area contributed by atoms with Crippen LogP contribution < -0.4 is 10.6 Å². The van der Waals surface area contributed by atoms with E-state index in [1.807, 2.05) is 24.4 Å². The van der Waals surface area contributed by atoms with Crippen LogP contribution in [0.3, 0.4) is 0 Å². The average Bonchev–Trinajstić information content (AvgIpc) is 3.20. The van der Waals surface area contributed by atoms with E-state index in [1.54, 1.807) is 6.33 Å². The summed E-state index contributed by atoms with van der Waals surface area (Å²) in [6.07, 6.45) is 5.78. The van der Waals surface area contributed by atoms with Crippen molar-refractivity contribution in [1.29, 1.82) is 0 Å². The van der Waals surface area contributed by atoms with Crippen molar-refractivity contribution in [2.75, 3.05) is 17.2 Å². The lowest BCUT2D eigenvalue weighted by molar-refractivity contribution is -0.134. The van der Waals surface area contributed by atoms with Crippen LogP contribution in [0.4, 0.5) is 11.4 Å². The van der Waals surface area contributed by atoms with Gasteiger partial charge in [0.1, 0.15) is 0 Å². The number of nitrogens with two attached hydrogens (primary N) is 1. The highest BCUT2D eigenvalue weighted by Gasteiger charge is 2.31. The van der Waals surface area contributed by atoms with Gasteiger partial charge in [-0.25, -0.2) is 4.98 Å². The van der Waals surface area contributed by atoms with Gasteiger partial charge in [0.2, 0.25) is 5.91 Å². The fourth-order valence-electron chi connectivity index (χ4n) is 4.24. The second kappa shape index (κ2) is 9.03. The van der Waals surface area contributed by atoms with Crippen molar-refractivity contribution in [3.63, 3.8) is 0 Å². The third kappa shape index (κ3) is 4.48. The molecular weight excluding hydrogens is 374 g/mol. The smallest absolute Gasteiger partial charge is 0.223 e. The summed E-state index contributed by atoms with van der Waals surface area (Å²) >= 11 is 0. The number of amides is 1. The zero-order valence-corrected chi connectivity index (χ0v) is 17.4. The van der Waals surface area contributed by atoms with Gasteiger partial charge in [-0.05, 0) is 42.2 Å². The highest BCUT2D eigenvalue weighted by Crippen LogP contribution is 2.31. The molecule has 0 saturated heterocycles. The van der Waals surface area contributed by atoms with E-state index in [2.05, 4.69) is 57.0 Å². The Kier molecular flexibility index (Phi) is 6.02. The molecule has 2 aromatic carbocycles. The van der Waals surface area contributed by atoms with Crippen molar-refractivity contribution in [2.24, 2.45) is 0 Å². The molecule has 4 rings (SSSR count). The summed E-state index contributed by atoms with van der Waals surface area (Å²) in [5, 5.41) is 0. The predicted molar refractivity (Wildman–Crippen MR) is 120 cm³/mol. The van der Waals surface area contributed by atoms with Crippen molar-refractivity contribution in [1.82, 2.24) is 14.9 Å². The number of fused-ring (bicyclic) bond motifs is 1. The third-order valence-corrected chi connectivity index (χ3v) is 5.67. The number of hydrogen-bond donors (Lipinski definition) is 2. The Labute approximate surface area is 177 Å². The van der Waals surface area contributed by atoms with Gasteiger partial charge in [-0.1, -0.05) is 37.3 Å². The van der Waals surface area contributed by atoms with Gasteiger partial charge in [0.05, 0.1) is 24.6 Å². The van der Waals surface area contributed by atoms with Crippen LogP contribution >= 0.6 is 0 Å². The summed E-state index contributed by atoms with van der Waals surface area (Å²) in [5.74, 6) is 0.204. The maximum atomic E-state index is 13.1. The van der Waals surface area contributed by atoms with Crippen LogP contribution in [-0.4, -0.2) is 33.4 Å². The maximum absolute atomic E-state index is 13.1. The minimum atomic E-state index is 0.0722. The van der Waals surface area contributed by atoms with Crippen LogP contribution in [-0.2, 0) is 24.3 Å². The van der Waals surface area contributed by atoms with Crippen molar-refractivity contribution < 1.29 is 4.79 Å². The Morgan fingerprint density at radius 3 is 2.80 bits per heavy atom. The zero-order chi connectivity index (χ0) is 20.9. The number of nitrogens with zero attached hydrogens (tertiary/aromatic N) is 3. The molecule has 30 heavy (non-hydrogen) atoms. The Morgan fingerprint density at radius 1 is 1.23 bits per heavy atom. The quantitative estimate of drug-likeness (QED) is 0.615. The number of carbonyl (C=O) groups is 1. The molecule has 6 nitrogen and oxygen atoms in total. The lowest BCUT2D eigenvalue weighted by Gasteiger charge is -2.33. The number of H-pyrrole nitrogens is 1. The number of carbonyl (C=O) groups excluding carboxylic acids is 1. The van der Waals surface area contributed by atoms with Crippen LogP contribution in [0.25, 0.3) is 0 Å². The zero-order valence-electron chi connectivity index (χ0n) is 17.4. The predicted octanol–water partition coefficient (Wildman–Crippen LogP) is 3.75. The first-order valence-electron chi connectivity index (χ1n) is 10.6. The average molecular weight is 404 g/mol. The Balaban J connectivity index is 1.72. The molecule has 0 unspecified atom stereocenters. The Bertz CT molecular complexity index is 971. The minimum absolute atomic E-state index is 0.0722. The van der Waals surface area contributed by atoms with E-state index >= 15 is 0 Å². The highest BCUT2D eigenvalue weighted by molar-refractivity contribution is 5.77.